The monoisotopic (exact) mass is 738 g/mol. The molecule has 0 fully saturated rings. The molecule has 0 spiro atoms. The van der Waals surface area contributed by atoms with E-state index in [2.05, 4.69) is 101 Å². The van der Waals surface area contributed by atoms with Crippen LogP contribution in [0, 0.1) is 0 Å². The van der Waals surface area contributed by atoms with E-state index in [9.17, 15) is 25.9 Å². The minimum absolute atomic E-state index is 0.236. The summed E-state index contributed by atoms with van der Waals surface area (Å²) in [6.45, 7) is 12.4. The van der Waals surface area contributed by atoms with E-state index < -0.39 is 20.2 Å². The highest BCUT2D eigenvalue weighted by Gasteiger charge is 2.17. The van der Waals surface area contributed by atoms with Gasteiger partial charge in [-0.15, -0.1) is 0 Å². The van der Waals surface area contributed by atoms with Crippen molar-refractivity contribution >= 4 is 42.9 Å². The molecule has 11 heteroatoms. The van der Waals surface area contributed by atoms with E-state index in [0.717, 1.165) is 63.6 Å². The molecular formula is C41H44N3O6S2-. The standard InChI is InChI=1S/C41H45N3O6S2/c1-5-42(6-2)36-21-15-33(16-22-36)41(34-17-23-37(24-18-34)43(7-3)29-31-11-9-13-39(27-31)51(45,46)47)35-19-25-38(26-20-35)44(8-4)30-32-12-10-14-40(28-32)52(48,49)50/h9-28H,5-8,29-30H2,1-4H3,(H-,45,46,47,48,49,50)/p-1. The third-order valence-corrected chi connectivity index (χ3v) is 10.9. The molecule has 0 amide bonds. The van der Waals surface area contributed by atoms with Gasteiger partial charge in [-0.3, -0.25) is 0 Å². The number of allylic oxidation sites excluding steroid dienone is 5. The summed E-state index contributed by atoms with van der Waals surface area (Å²) in [6, 6.07) is 29.2. The summed E-state index contributed by atoms with van der Waals surface area (Å²) in [5.74, 6) is 0. The highest BCUT2D eigenvalue weighted by atomic mass is 32.2. The maximum Gasteiger partial charge on any atom is 0.200 e. The van der Waals surface area contributed by atoms with E-state index in [4.69, 9.17) is 0 Å². The van der Waals surface area contributed by atoms with E-state index in [-0.39, 0.29) is 9.79 Å². The lowest BCUT2D eigenvalue weighted by atomic mass is 9.90. The van der Waals surface area contributed by atoms with Crippen molar-refractivity contribution < 1.29 is 30.5 Å². The smallest absolute Gasteiger partial charge is 0.200 e. The number of anilines is 2. The topological polar surface area (TPSA) is 124 Å². The number of rotatable bonds is 14. The van der Waals surface area contributed by atoms with Gasteiger partial charge < -0.3 is 18.9 Å². The predicted octanol–water partition coefficient (Wildman–Crippen LogP) is 6.97. The van der Waals surface area contributed by atoms with Gasteiger partial charge in [-0.2, -0.15) is 0 Å². The van der Waals surface area contributed by atoms with Crippen LogP contribution in [0.3, 0.4) is 0 Å². The molecule has 1 aliphatic rings. The Labute approximate surface area is 308 Å². The molecule has 0 heterocycles. The fraction of sp³-hybridized carbons (Fsp3) is 0.244. The first-order valence-electron chi connectivity index (χ1n) is 17.4. The Kier molecular flexibility index (Phi) is 12.3. The van der Waals surface area contributed by atoms with E-state index in [0.29, 0.717) is 26.2 Å². The zero-order chi connectivity index (χ0) is 37.5. The minimum Gasteiger partial charge on any atom is -0.744 e. The zero-order valence-corrected chi connectivity index (χ0v) is 31.5. The molecule has 0 saturated carbocycles. The van der Waals surface area contributed by atoms with Gasteiger partial charge in [0.2, 0.25) is 0 Å². The number of nitrogens with zero attached hydrogens (tertiary/aromatic N) is 3. The first kappa shape index (κ1) is 38.4. The van der Waals surface area contributed by atoms with Gasteiger partial charge in [0.25, 0.3) is 0 Å². The van der Waals surface area contributed by atoms with Crippen LogP contribution in [-0.4, -0.2) is 62.4 Å². The maximum absolute atomic E-state index is 11.6. The first-order valence-corrected chi connectivity index (χ1v) is 20.2. The van der Waals surface area contributed by atoms with E-state index in [1.807, 2.05) is 26.0 Å². The fourth-order valence-electron chi connectivity index (χ4n) is 6.42. The van der Waals surface area contributed by atoms with Gasteiger partial charge in [-0.1, -0.05) is 48.5 Å². The van der Waals surface area contributed by atoms with Gasteiger partial charge in [0.15, 0.2) is 12.3 Å². The number of hydrogen-bond acceptors (Lipinski definition) is 8. The van der Waals surface area contributed by atoms with Crippen LogP contribution in [0.25, 0.3) is 5.57 Å². The average molecular weight is 739 g/mol. The summed E-state index contributed by atoms with van der Waals surface area (Å²) < 4.78 is 71.8. The van der Waals surface area contributed by atoms with E-state index >= 15 is 0 Å². The minimum atomic E-state index is -4.55. The lowest BCUT2D eigenvalue weighted by Crippen LogP contribution is -2.22. The summed E-state index contributed by atoms with van der Waals surface area (Å²) >= 11 is 0. The van der Waals surface area contributed by atoms with E-state index in [1.165, 1.54) is 24.3 Å². The molecular weight excluding hydrogens is 695 g/mol. The summed E-state index contributed by atoms with van der Waals surface area (Å²) in [5.41, 5.74) is 8.68. The van der Waals surface area contributed by atoms with Gasteiger partial charge >= 0.3 is 0 Å². The molecule has 272 valence electrons. The van der Waals surface area contributed by atoms with Gasteiger partial charge in [0.05, 0.1) is 9.79 Å². The molecule has 0 radical (unpaired) electrons. The Morgan fingerprint density at radius 1 is 0.596 bits per heavy atom. The molecule has 0 N–H and O–H groups in total. The average Bonchev–Trinajstić information content (AvgIpc) is 3.14. The van der Waals surface area contributed by atoms with Crippen molar-refractivity contribution in [3.05, 3.63) is 149 Å². The quantitative estimate of drug-likeness (QED) is 0.100. The molecule has 9 nitrogen and oxygen atoms in total. The third-order valence-electron chi connectivity index (χ3n) is 9.21. The molecule has 0 aliphatic heterocycles. The van der Waals surface area contributed by atoms with Gasteiger partial charge in [0, 0.05) is 55.3 Å². The Morgan fingerprint density at radius 3 is 1.52 bits per heavy atom. The number of hydrogen-bond donors (Lipinski definition) is 0. The van der Waals surface area contributed by atoms with Crippen LogP contribution < -0.4 is 9.80 Å². The lowest BCUT2D eigenvalue weighted by Gasteiger charge is -2.24. The molecule has 0 bridgehead atoms. The second-order valence-corrected chi connectivity index (χ2v) is 15.2. The van der Waals surface area contributed by atoms with Crippen LogP contribution >= 0.6 is 0 Å². The van der Waals surface area contributed by atoms with Crippen LogP contribution in [0.5, 0.6) is 0 Å². The van der Waals surface area contributed by atoms with Crippen LogP contribution in [0.4, 0.5) is 11.4 Å². The van der Waals surface area contributed by atoms with Crippen LogP contribution in [0.15, 0.2) is 137 Å². The molecule has 0 atom stereocenters. The van der Waals surface area contributed by atoms with Crippen molar-refractivity contribution in [2.45, 2.75) is 50.6 Å². The Balaban J connectivity index is 1.50. The number of benzene rings is 4. The lowest BCUT2D eigenvalue weighted by molar-refractivity contribution is -0.539. The van der Waals surface area contributed by atoms with Crippen molar-refractivity contribution in [3.8, 4) is 0 Å². The maximum atomic E-state index is 11.6. The summed E-state index contributed by atoms with van der Waals surface area (Å²) in [4.78, 5) is 3.95. The SMILES string of the molecule is CCN(CC)c1ccc(C(=C2C=CC(=[N+](CC)Cc3cccc(S(=O)(=O)[O-])c3)C=C2)c2ccc(N(CC)Cc3cccc(S(=O)(=O)[O-])c3)cc2)cc1. The predicted molar refractivity (Wildman–Crippen MR) is 206 cm³/mol. The van der Waals surface area contributed by atoms with Crippen LogP contribution in [0.2, 0.25) is 0 Å². The Morgan fingerprint density at radius 2 is 1.06 bits per heavy atom. The zero-order valence-electron chi connectivity index (χ0n) is 29.9. The van der Waals surface area contributed by atoms with Gasteiger partial charge in [0.1, 0.15) is 26.8 Å². The first-order chi connectivity index (χ1) is 24.8. The molecule has 0 saturated heterocycles. The largest absolute Gasteiger partial charge is 0.744 e. The normalized spacial score (nSPS) is 13.0. The van der Waals surface area contributed by atoms with Crippen molar-refractivity contribution in [1.29, 1.82) is 0 Å². The molecule has 5 rings (SSSR count). The Hall–Kier alpha value is -4.81. The van der Waals surface area contributed by atoms with Crippen molar-refractivity contribution in [1.82, 2.24) is 0 Å². The Bertz CT molecular complexity index is 2220. The van der Waals surface area contributed by atoms with Crippen molar-refractivity contribution in [2.75, 3.05) is 36.0 Å². The summed E-state index contributed by atoms with van der Waals surface area (Å²) in [6.07, 6.45) is 8.29. The van der Waals surface area contributed by atoms with E-state index in [1.54, 1.807) is 12.1 Å². The van der Waals surface area contributed by atoms with Gasteiger partial charge in [-0.05, 0) is 116 Å². The molecule has 4 aromatic carbocycles. The molecule has 1 aliphatic carbocycles. The third kappa shape index (κ3) is 9.34. The summed E-state index contributed by atoms with van der Waals surface area (Å²) in [5, 5.41) is 0. The highest BCUT2D eigenvalue weighted by Crippen LogP contribution is 2.33. The molecule has 52 heavy (non-hydrogen) atoms. The molecule has 0 unspecified atom stereocenters. The van der Waals surface area contributed by atoms with Gasteiger partial charge in [-0.25, -0.2) is 21.4 Å². The second kappa shape index (κ2) is 16.7. The van der Waals surface area contributed by atoms with Crippen LogP contribution in [-0.2, 0) is 33.3 Å². The summed E-state index contributed by atoms with van der Waals surface area (Å²) in [7, 11) is -9.10. The van der Waals surface area contributed by atoms with Crippen LogP contribution in [0.1, 0.15) is 49.9 Å². The second-order valence-electron chi connectivity index (χ2n) is 12.4. The highest BCUT2D eigenvalue weighted by molar-refractivity contribution is 7.86. The van der Waals surface area contributed by atoms with Crippen molar-refractivity contribution in [2.24, 2.45) is 0 Å². The molecule has 4 aromatic rings. The molecule has 0 aromatic heterocycles. The fourth-order valence-corrected chi connectivity index (χ4v) is 7.50. The van der Waals surface area contributed by atoms with Crippen molar-refractivity contribution in [3.63, 3.8) is 0 Å².